The van der Waals surface area contributed by atoms with Crippen molar-refractivity contribution in [2.75, 3.05) is 0 Å². The summed E-state index contributed by atoms with van der Waals surface area (Å²) in [5.41, 5.74) is 7.27. The van der Waals surface area contributed by atoms with E-state index in [0.29, 0.717) is 0 Å². The molecular formula is C12H10Br2ClNS. The minimum absolute atomic E-state index is 0.0255. The molecular weight excluding hydrogens is 385 g/mol. The van der Waals surface area contributed by atoms with Crippen LogP contribution in [0.3, 0.4) is 0 Å². The monoisotopic (exact) mass is 393 g/mol. The van der Waals surface area contributed by atoms with Crippen LogP contribution in [0.2, 0.25) is 5.02 Å². The van der Waals surface area contributed by atoms with E-state index in [-0.39, 0.29) is 6.04 Å². The second-order valence-corrected chi connectivity index (χ2v) is 7.34. The van der Waals surface area contributed by atoms with Gasteiger partial charge in [0.15, 0.2) is 0 Å². The molecule has 5 heteroatoms. The number of benzene rings is 1. The Labute approximate surface area is 126 Å². The molecule has 0 aliphatic heterocycles. The number of hydrogen-bond acceptors (Lipinski definition) is 2. The molecule has 1 unspecified atom stereocenters. The first-order valence-corrected chi connectivity index (χ1v) is 7.79. The van der Waals surface area contributed by atoms with Crippen LogP contribution in [0.15, 0.2) is 38.6 Å². The topological polar surface area (TPSA) is 26.0 Å². The Bertz CT molecular complexity index is 507. The smallest absolute Gasteiger partial charge is 0.0843 e. The molecule has 1 nitrogen and oxygen atoms in total. The standard InChI is InChI=1S/C12H10Br2ClNS/c13-8-6-11(17-12(8)14)10(16)5-7-3-1-2-4-9(7)15/h1-4,6,10H,5,16H2. The minimum atomic E-state index is -0.0255. The summed E-state index contributed by atoms with van der Waals surface area (Å²) in [5, 5.41) is 0.776. The molecule has 1 aromatic heterocycles. The van der Waals surface area contributed by atoms with Crippen molar-refractivity contribution in [2.45, 2.75) is 12.5 Å². The highest BCUT2D eigenvalue weighted by Gasteiger charge is 2.13. The Balaban J connectivity index is 2.17. The van der Waals surface area contributed by atoms with E-state index in [1.807, 2.05) is 24.3 Å². The first kappa shape index (κ1) is 13.6. The van der Waals surface area contributed by atoms with Gasteiger partial charge in [-0.15, -0.1) is 11.3 Å². The average Bonchev–Trinajstić information content (AvgIpc) is 2.63. The van der Waals surface area contributed by atoms with Crippen molar-refractivity contribution < 1.29 is 0 Å². The zero-order valence-electron chi connectivity index (χ0n) is 8.79. The van der Waals surface area contributed by atoms with Crippen LogP contribution in [-0.4, -0.2) is 0 Å². The van der Waals surface area contributed by atoms with E-state index in [0.717, 1.165) is 30.1 Å². The van der Waals surface area contributed by atoms with Gasteiger partial charge in [-0.05, 0) is 56.0 Å². The fourth-order valence-electron chi connectivity index (χ4n) is 1.55. The van der Waals surface area contributed by atoms with Gasteiger partial charge in [0.05, 0.1) is 3.79 Å². The zero-order chi connectivity index (χ0) is 12.4. The molecule has 0 amide bonds. The molecule has 0 fully saturated rings. The SMILES string of the molecule is NC(Cc1ccccc1Cl)c1cc(Br)c(Br)s1. The first-order valence-electron chi connectivity index (χ1n) is 5.01. The molecule has 17 heavy (non-hydrogen) atoms. The largest absolute Gasteiger partial charge is 0.323 e. The second kappa shape index (κ2) is 5.85. The van der Waals surface area contributed by atoms with Gasteiger partial charge in [-0.2, -0.15) is 0 Å². The van der Waals surface area contributed by atoms with Gasteiger partial charge in [-0.3, -0.25) is 0 Å². The van der Waals surface area contributed by atoms with Crippen molar-refractivity contribution in [2.24, 2.45) is 5.73 Å². The zero-order valence-corrected chi connectivity index (χ0v) is 13.5. The van der Waals surface area contributed by atoms with Gasteiger partial charge in [0.25, 0.3) is 0 Å². The third kappa shape index (κ3) is 3.32. The Kier molecular flexibility index (Phi) is 4.66. The first-order chi connectivity index (χ1) is 8.08. The summed E-state index contributed by atoms with van der Waals surface area (Å²) in [6.07, 6.45) is 0.749. The lowest BCUT2D eigenvalue weighted by molar-refractivity contribution is 0.736. The predicted octanol–water partition coefficient (Wildman–Crippen LogP) is 5.17. The Morgan fingerprint density at radius 3 is 2.59 bits per heavy atom. The van der Waals surface area contributed by atoms with E-state index in [4.69, 9.17) is 17.3 Å². The molecule has 0 aliphatic rings. The lowest BCUT2D eigenvalue weighted by Gasteiger charge is -2.10. The Hall–Kier alpha value is 0.130. The summed E-state index contributed by atoms with van der Waals surface area (Å²) in [5.74, 6) is 0. The van der Waals surface area contributed by atoms with Gasteiger partial charge >= 0.3 is 0 Å². The third-order valence-electron chi connectivity index (χ3n) is 2.43. The van der Waals surface area contributed by atoms with Crippen LogP contribution in [0.4, 0.5) is 0 Å². The van der Waals surface area contributed by atoms with Crippen LogP contribution >= 0.6 is 54.8 Å². The molecule has 1 atom stereocenters. The number of nitrogens with two attached hydrogens (primary N) is 1. The summed E-state index contributed by atoms with van der Waals surface area (Å²) >= 11 is 14.7. The molecule has 0 spiro atoms. The van der Waals surface area contributed by atoms with E-state index in [1.54, 1.807) is 11.3 Å². The Morgan fingerprint density at radius 1 is 1.29 bits per heavy atom. The molecule has 2 N–H and O–H groups in total. The fraction of sp³-hybridized carbons (Fsp3) is 0.167. The summed E-state index contributed by atoms with van der Waals surface area (Å²) in [4.78, 5) is 1.14. The highest BCUT2D eigenvalue weighted by molar-refractivity contribution is 9.13. The van der Waals surface area contributed by atoms with Crippen LogP contribution < -0.4 is 5.73 Å². The van der Waals surface area contributed by atoms with Gasteiger partial charge in [-0.1, -0.05) is 29.8 Å². The second-order valence-electron chi connectivity index (χ2n) is 3.67. The highest BCUT2D eigenvalue weighted by Crippen LogP contribution is 2.36. The van der Waals surface area contributed by atoms with E-state index in [2.05, 4.69) is 37.9 Å². The molecule has 2 aromatic rings. The van der Waals surface area contributed by atoms with Crippen molar-refractivity contribution in [1.29, 1.82) is 0 Å². The summed E-state index contributed by atoms with van der Waals surface area (Å²) in [6, 6.07) is 9.84. The van der Waals surface area contributed by atoms with Crippen molar-refractivity contribution in [3.63, 3.8) is 0 Å². The fourth-order valence-corrected chi connectivity index (χ4v) is 3.85. The maximum absolute atomic E-state index is 6.19. The van der Waals surface area contributed by atoms with E-state index in [1.165, 1.54) is 0 Å². The maximum atomic E-state index is 6.19. The summed E-state index contributed by atoms with van der Waals surface area (Å²) in [6.45, 7) is 0. The quantitative estimate of drug-likeness (QED) is 0.762. The van der Waals surface area contributed by atoms with E-state index in [9.17, 15) is 0 Å². The number of halogens is 3. The van der Waals surface area contributed by atoms with E-state index < -0.39 is 0 Å². The Morgan fingerprint density at radius 2 is 2.00 bits per heavy atom. The lowest BCUT2D eigenvalue weighted by atomic mass is 10.1. The molecule has 1 aromatic carbocycles. The molecule has 0 saturated carbocycles. The maximum Gasteiger partial charge on any atom is 0.0843 e. The third-order valence-corrected chi connectivity index (χ3v) is 6.18. The van der Waals surface area contributed by atoms with Gasteiger partial charge in [0, 0.05) is 20.4 Å². The van der Waals surface area contributed by atoms with Crippen molar-refractivity contribution >= 4 is 54.8 Å². The highest BCUT2D eigenvalue weighted by atomic mass is 79.9. The summed E-state index contributed by atoms with van der Waals surface area (Å²) < 4.78 is 2.12. The number of thiophene rings is 1. The van der Waals surface area contributed by atoms with Crippen molar-refractivity contribution in [3.8, 4) is 0 Å². The lowest BCUT2D eigenvalue weighted by Crippen LogP contribution is -2.11. The molecule has 0 saturated heterocycles. The van der Waals surface area contributed by atoms with Crippen LogP contribution in [-0.2, 0) is 6.42 Å². The van der Waals surface area contributed by atoms with Gasteiger partial charge in [-0.25, -0.2) is 0 Å². The normalized spacial score (nSPS) is 12.7. The molecule has 2 rings (SSSR count). The van der Waals surface area contributed by atoms with Crippen LogP contribution in [0.25, 0.3) is 0 Å². The molecule has 0 bridgehead atoms. The minimum Gasteiger partial charge on any atom is -0.323 e. The predicted molar refractivity (Wildman–Crippen MR) is 81.8 cm³/mol. The molecule has 0 aliphatic carbocycles. The number of rotatable bonds is 3. The van der Waals surface area contributed by atoms with Crippen LogP contribution in [0.5, 0.6) is 0 Å². The molecule has 1 heterocycles. The molecule has 0 radical (unpaired) electrons. The van der Waals surface area contributed by atoms with E-state index >= 15 is 0 Å². The van der Waals surface area contributed by atoms with Crippen LogP contribution in [0, 0.1) is 0 Å². The molecule has 90 valence electrons. The number of hydrogen-bond donors (Lipinski definition) is 1. The van der Waals surface area contributed by atoms with Crippen molar-refractivity contribution in [3.05, 3.63) is 54.1 Å². The average molecular weight is 396 g/mol. The van der Waals surface area contributed by atoms with Gasteiger partial charge in [0.2, 0.25) is 0 Å². The van der Waals surface area contributed by atoms with Crippen LogP contribution in [0.1, 0.15) is 16.5 Å². The van der Waals surface area contributed by atoms with Gasteiger partial charge in [0.1, 0.15) is 0 Å². The van der Waals surface area contributed by atoms with Gasteiger partial charge < -0.3 is 5.73 Å². The summed E-state index contributed by atoms with van der Waals surface area (Å²) in [7, 11) is 0. The van der Waals surface area contributed by atoms with Crippen molar-refractivity contribution in [1.82, 2.24) is 0 Å².